The molecule has 2 rings (SSSR count). The Labute approximate surface area is 151 Å². The number of amides is 1. The van der Waals surface area contributed by atoms with Crippen molar-refractivity contribution in [3.05, 3.63) is 81.7 Å². The van der Waals surface area contributed by atoms with Crippen molar-refractivity contribution in [2.24, 2.45) is 5.11 Å². The first-order valence-corrected chi connectivity index (χ1v) is 7.84. The van der Waals surface area contributed by atoms with Crippen molar-refractivity contribution >= 4 is 18.3 Å². The van der Waals surface area contributed by atoms with Crippen molar-refractivity contribution in [1.82, 2.24) is 5.32 Å². The van der Waals surface area contributed by atoms with Crippen molar-refractivity contribution < 1.29 is 14.7 Å². The lowest BCUT2D eigenvalue weighted by Crippen LogP contribution is -2.10. The van der Waals surface area contributed by atoms with E-state index >= 15 is 0 Å². The highest BCUT2D eigenvalue weighted by Gasteiger charge is 2.01. The number of hydrogen-bond acceptors (Lipinski definition) is 4. The van der Waals surface area contributed by atoms with Gasteiger partial charge in [0.15, 0.2) is 0 Å². The van der Waals surface area contributed by atoms with Crippen LogP contribution in [0.4, 0.5) is 0 Å². The average molecular weight is 352 g/mol. The van der Waals surface area contributed by atoms with E-state index in [0.717, 1.165) is 24.1 Å². The second kappa shape index (κ2) is 12.0. The van der Waals surface area contributed by atoms with Gasteiger partial charge >= 0.3 is 0 Å². The van der Waals surface area contributed by atoms with Gasteiger partial charge in [-0.15, -0.1) is 0 Å². The van der Waals surface area contributed by atoms with Gasteiger partial charge < -0.3 is 10.4 Å². The first-order valence-electron chi connectivity index (χ1n) is 7.84. The van der Waals surface area contributed by atoms with Gasteiger partial charge in [-0.1, -0.05) is 42.5 Å². The van der Waals surface area contributed by atoms with Crippen LogP contribution in [0.2, 0.25) is 0 Å². The molecule has 0 fully saturated rings. The van der Waals surface area contributed by atoms with Gasteiger partial charge in [-0.2, -0.15) is 0 Å². The molecule has 0 unspecified atom stereocenters. The third kappa shape index (κ3) is 7.92. The van der Waals surface area contributed by atoms with E-state index in [2.05, 4.69) is 15.3 Å². The average Bonchev–Trinajstić information content (AvgIpc) is 2.67. The van der Waals surface area contributed by atoms with Gasteiger partial charge in [-0.25, -0.2) is 0 Å². The Morgan fingerprint density at radius 2 is 1.85 bits per heavy atom. The van der Waals surface area contributed by atoms with Crippen molar-refractivity contribution in [1.29, 1.82) is 0 Å². The lowest BCUT2D eigenvalue weighted by atomic mass is 10.1. The summed E-state index contributed by atoms with van der Waals surface area (Å²) in [6.45, 7) is 0.893. The SMILES string of the molecule is CNCCc1ccc(C(=O)N=[N+]=[N-])cc1.O=C/C=C/c1ccc(O)cc1. The van der Waals surface area contributed by atoms with Gasteiger partial charge in [0.25, 0.3) is 0 Å². The molecule has 0 atom stereocenters. The van der Waals surface area contributed by atoms with Crippen LogP contribution in [0.15, 0.2) is 59.7 Å². The molecule has 0 spiro atoms. The zero-order chi connectivity index (χ0) is 19.2. The van der Waals surface area contributed by atoms with Crippen LogP contribution in [0.25, 0.3) is 16.5 Å². The summed E-state index contributed by atoms with van der Waals surface area (Å²) in [5, 5.41) is 14.9. The monoisotopic (exact) mass is 352 g/mol. The Hall–Kier alpha value is -3.41. The number of phenols is 1. The molecule has 7 nitrogen and oxygen atoms in total. The summed E-state index contributed by atoms with van der Waals surface area (Å²) in [4.78, 5) is 23.5. The van der Waals surface area contributed by atoms with E-state index in [1.807, 2.05) is 19.2 Å². The highest BCUT2D eigenvalue weighted by molar-refractivity contribution is 5.94. The maximum Gasteiger partial charge on any atom is 0.249 e. The minimum Gasteiger partial charge on any atom is -0.508 e. The zero-order valence-electron chi connectivity index (χ0n) is 14.4. The molecule has 0 aromatic heterocycles. The van der Waals surface area contributed by atoms with Crippen LogP contribution in [-0.4, -0.2) is 30.9 Å². The van der Waals surface area contributed by atoms with Crippen LogP contribution in [-0.2, 0) is 11.2 Å². The molecule has 0 heterocycles. The number of phenolic OH excluding ortho intramolecular Hbond substituents is 1. The maximum atomic E-state index is 11.1. The number of carbonyl (C=O) groups is 2. The maximum absolute atomic E-state index is 11.1. The summed E-state index contributed by atoms with van der Waals surface area (Å²) in [5.41, 5.74) is 10.6. The van der Waals surface area contributed by atoms with Crippen molar-refractivity contribution in [3.8, 4) is 5.75 Å². The predicted octanol–water partition coefficient (Wildman–Crippen LogP) is 3.50. The van der Waals surface area contributed by atoms with Crippen molar-refractivity contribution in [3.63, 3.8) is 0 Å². The van der Waals surface area contributed by atoms with E-state index < -0.39 is 5.91 Å². The topological polar surface area (TPSA) is 115 Å². The lowest BCUT2D eigenvalue weighted by Gasteiger charge is -2.01. The number of hydrogen-bond donors (Lipinski definition) is 2. The molecule has 134 valence electrons. The molecule has 7 heteroatoms. The van der Waals surface area contributed by atoms with Crippen molar-refractivity contribution in [2.45, 2.75) is 6.42 Å². The summed E-state index contributed by atoms with van der Waals surface area (Å²) in [5.74, 6) is -0.314. The van der Waals surface area contributed by atoms with E-state index in [1.54, 1.807) is 42.5 Å². The molecule has 2 aromatic carbocycles. The minimum atomic E-state index is -0.544. The largest absolute Gasteiger partial charge is 0.508 e. The normalized spacial score (nSPS) is 9.73. The number of rotatable bonds is 6. The molecule has 2 aromatic rings. The molecule has 0 aliphatic carbocycles. The number of aromatic hydroxyl groups is 1. The number of aldehydes is 1. The van der Waals surface area contributed by atoms with Gasteiger partial charge in [0.05, 0.1) is 0 Å². The van der Waals surface area contributed by atoms with Gasteiger partial charge in [-0.05, 0) is 60.0 Å². The highest BCUT2D eigenvalue weighted by Crippen LogP contribution is 2.10. The van der Waals surface area contributed by atoms with Crippen LogP contribution in [0.1, 0.15) is 21.5 Å². The molecule has 0 saturated heterocycles. The second-order valence-electron chi connectivity index (χ2n) is 5.13. The van der Waals surface area contributed by atoms with Crippen LogP contribution < -0.4 is 5.32 Å². The lowest BCUT2D eigenvalue weighted by molar-refractivity contribution is -0.104. The van der Waals surface area contributed by atoms with E-state index in [4.69, 9.17) is 10.6 Å². The third-order valence-electron chi connectivity index (χ3n) is 3.26. The molecular weight excluding hydrogens is 332 g/mol. The molecule has 0 aliphatic rings. The summed E-state index contributed by atoms with van der Waals surface area (Å²) in [6, 6.07) is 13.7. The summed E-state index contributed by atoms with van der Waals surface area (Å²) >= 11 is 0. The number of azide groups is 1. The first-order chi connectivity index (χ1) is 12.6. The minimum absolute atomic E-state index is 0.230. The Balaban J connectivity index is 0.000000273. The van der Waals surface area contributed by atoms with Gasteiger partial charge in [0, 0.05) is 10.5 Å². The van der Waals surface area contributed by atoms with Crippen LogP contribution in [0.3, 0.4) is 0 Å². The zero-order valence-corrected chi connectivity index (χ0v) is 14.4. The number of carbonyl (C=O) groups excluding carboxylic acids is 2. The third-order valence-corrected chi connectivity index (χ3v) is 3.26. The number of nitrogens with one attached hydrogen (secondary N) is 1. The Kier molecular flexibility index (Phi) is 9.54. The van der Waals surface area contributed by atoms with Crippen LogP contribution in [0, 0.1) is 0 Å². The fraction of sp³-hybridized carbons (Fsp3) is 0.158. The Bertz CT molecular complexity index is 777. The van der Waals surface area contributed by atoms with Gasteiger partial charge in [0.1, 0.15) is 12.0 Å². The second-order valence-corrected chi connectivity index (χ2v) is 5.13. The number of likely N-dealkylation sites (N-methyl/N-ethyl adjacent to an activating group) is 1. The smallest absolute Gasteiger partial charge is 0.249 e. The quantitative estimate of drug-likeness (QED) is 0.272. The van der Waals surface area contributed by atoms with Gasteiger partial charge in [0.2, 0.25) is 5.91 Å². The predicted molar refractivity (Wildman–Crippen MR) is 101 cm³/mol. The first kappa shape index (κ1) is 20.6. The fourth-order valence-corrected chi connectivity index (χ4v) is 1.92. The van der Waals surface area contributed by atoms with E-state index in [1.165, 1.54) is 6.08 Å². The van der Waals surface area contributed by atoms with Crippen LogP contribution >= 0.6 is 0 Å². The molecular formula is C19H20N4O3. The number of allylic oxidation sites excluding steroid dienone is 1. The number of nitrogens with zero attached hydrogens (tertiary/aromatic N) is 3. The summed E-state index contributed by atoms with van der Waals surface area (Å²) in [6.07, 6.45) is 4.71. The molecule has 0 aliphatic heterocycles. The molecule has 0 radical (unpaired) electrons. The Morgan fingerprint density at radius 1 is 1.19 bits per heavy atom. The molecule has 2 N–H and O–H groups in total. The fourth-order valence-electron chi connectivity index (χ4n) is 1.92. The highest BCUT2D eigenvalue weighted by atomic mass is 16.3. The Morgan fingerprint density at radius 3 is 2.38 bits per heavy atom. The van der Waals surface area contributed by atoms with Crippen LogP contribution in [0.5, 0.6) is 5.75 Å². The molecule has 0 saturated carbocycles. The summed E-state index contributed by atoms with van der Waals surface area (Å²) < 4.78 is 0. The van der Waals surface area contributed by atoms with E-state index in [0.29, 0.717) is 11.8 Å². The van der Waals surface area contributed by atoms with E-state index in [-0.39, 0.29) is 5.75 Å². The number of benzene rings is 2. The van der Waals surface area contributed by atoms with Crippen molar-refractivity contribution in [2.75, 3.05) is 13.6 Å². The molecule has 0 bridgehead atoms. The summed E-state index contributed by atoms with van der Waals surface area (Å²) in [7, 11) is 1.89. The van der Waals surface area contributed by atoms with E-state index in [9.17, 15) is 9.59 Å². The van der Waals surface area contributed by atoms with Gasteiger partial charge in [-0.3, -0.25) is 9.59 Å². The molecule has 26 heavy (non-hydrogen) atoms. The standard InChI is InChI=1S/C10H12N4O.C9H8O2/c1-12-7-6-8-2-4-9(5-3-8)10(15)13-14-11;10-7-1-2-8-3-5-9(11)6-4-8/h2-5,12H,6-7H2,1H3;1-7,11H/b;2-1+. The molecule has 1 amide bonds.